The first-order valence-electron chi connectivity index (χ1n) is 6.63. The summed E-state index contributed by atoms with van der Waals surface area (Å²) in [5.74, 6) is -1.08. The molecule has 1 aliphatic carbocycles. The number of nitrogens with one attached hydrogen (secondary N) is 1. The molecule has 0 unspecified atom stereocenters. The van der Waals surface area contributed by atoms with Gasteiger partial charge in [0.15, 0.2) is 0 Å². The van der Waals surface area contributed by atoms with Crippen LogP contribution in [0.2, 0.25) is 5.02 Å². The van der Waals surface area contributed by atoms with E-state index in [0.717, 1.165) is 25.8 Å². The van der Waals surface area contributed by atoms with Gasteiger partial charge in [-0.3, -0.25) is 0 Å². The maximum atomic E-state index is 12.2. The van der Waals surface area contributed by atoms with Crippen molar-refractivity contribution < 1.29 is 14.7 Å². The van der Waals surface area contributed by atoms with E-state index >= 15 is 0 Å². The summed E-state index contributed by atoms with van der Waals surface area (Å²) in [6, 6.07) is 4.57. The Labute approximate surface area is 122 Å². The van der Waals surface area contributed by atoms with Crippen LogP contribution in [-0.4, -0.2) is 34.6 Å². The third kappa shape index (κ3) is 3.42. The Kier molecular flexibility index (Phi) is 4.49. The molecule has 1 aliphatic rings. The second kappa shape index (κ2) is 6.13. The Morgan fingerprint density at radius 1 is 1.45 bits per heavy atom. The van der Waals surface area contributed by atoms with Gasteiger partial charge >= 0.3 is 12.0 Å². The number of anilines is 1. The number of hydrogen-bond donors (Lipinski definition) is 2. The molecule has 0 aromatic heterocycles. The fourth-order valence-electron chi connectivity index (χ4n) is 2.04. The molecular weight excluding hydrogens is 280 g/mol. The van der Waals surface area contributed by atoms with Crippen LogP contribution in [0.1, 0.15) is 36.5 Å². The van der Waals surface area contributed by atoms with Crippen molar-refractivity contribution in [1.29, 1.82) is 0 Å². The monoisotopic (exact) mass is 296 g/mol. The number of nitrogens with zero attached hydrogens (tertiary/aromatic N) is 1. The van der Waals surface area contributed by atoms with Gasteiger partial charge in [-0.2, -0.15) is 0 Å². The molecule has 5 nitrogen and oxygen atoms in total. The molecule has 2 amide bonds. The van der Waals surface area contributed by atoms with Gasteiger partial charge in [0, 0.05) is 18.3 Å². The molecule has 20 heavy (non-hydrogen) atoms. The van der Waals surface area contributed by atoms with Crippen molar-refractivity contribution in [2.24, 2.45) is 0 Å². The van der Waals surface area contributed by atoms with E-state index in [0.29, 0.717) is 11.7 Å². The second-order valence-electron chi connectivity index (χ2n) is 4.85. The summed E-state index contributed by atoms with van der Waals surface area (Å²) in [4.78, 5) is 24.9. The van der Waals surface area contributed by atoms with Crippen LogP contribution in [0.4, 0.5) is 10.5 Å². The first kappa shape index (κ1) is 14.7. The van der Waals surface area contributed by atoms with E-state index in [1.807, 2.05) is 11.8 Å². The molecule has 2 rings (SSSR count). The lowest BCUT2D eigenvalue weighted by Crippen LogP contribution is -2.37. The molecular formula is C14H17ClN2O3. The Morgan fingerprint density at radius 2 is 2.15 bits per heavy atom. The molecule has 0 spiro atoms. The fourth-order valence-corrected chi connectivity index (χ4v) is 2.30. The topological polar surface area (TPSA) is 69.6 Å². The van der Waals surface area contributed by atoms with E-state index in [1.165, 1.54) is 12.1 Å². The van der Waals surface area contributed by atoms with Crippen LogP contribution in [0.15, 0.2) is 18.2 Å². The summed E-state index contributed by atoms with van der Waals surface area (Å²) in [5, 5.41) is 11.8. The molecule has 1 aromatic carbocycles. The number of rotatable bonds is 5. The van der Waals surface area contributed by atoms with E-state index in [9.17, 15) is 9.59 Å². The summed E-state index contributed by atoms with van der Waals surface area (Å²) in [5.41, 5.74) is 0.532. The van der Waals surface area contributed by atoms with Crippen molar-refractivity contribution in [3.05, 3.63) is 28.8 Å². The number of halogens is 1. The molecule has 0 bridgehead atoms. The number of urea groups is 1. The van der Waals surface area contributed by atoms with Gasteiger partial charge in [0.25, 0.3) is 0 Å². The predicted molar refractivity (Wildman–Crippen MR) is 77.4 cm³/mol. The Balaban J connectivity index is 2.07. The average molecular weight is 297 g/mol. The van der Waals surface area contributed by atoms with Gasteiger partial charge in [0.05, 0.1) is 10.6 Å². The quantitative estimate of drug-likeness (QED) is 0.874. The van der Waals surface area contributed by atoms with Crippen molar-refractivity contribution >= 4 is 29.3 Å². The molecule has 0 atom stereocenters. The Bertz CT molecular complexity index is 529. The standard InChI is InChI=1S/C14H17ClN2O3/c1-2-7-17(10-4-5-10)14(20)16-9-3-6-11(13(18)19)12(15)8-9/h3,6,8,10H,2,4-5,7H2,1H3,(H,16,20)(H,18,19). The lowest BCUT2D eigenvalue weighted by Gasteiger charge is -2.22. The molecule has 108 valence electrons. The summed E-state index contributed by atoms with van der Waals surface area (Å²) in [7, 11) is 0. The number of benzene rings is 1. The van der Waals surface area contributed by atoms with Gasteiger partial charge in [-0.1, -0.05) is 18.5 Å². The van der Waals surface area contributed by atoms with E-state index in [-0.39, 0.29) is 16.6 Å². The fraction of sp³-hybridized carbons (Fsp3) is 0.429. The van der Waals surface area contributed by atoms with Crippen LogP contribution < -0.4 is 5.32 Å². The number of carbonyl (C=O) groups is 2. The zero-order valence-electron chi connectivity index (χ0n) is 11.2. The van der Waals surface area contributed by atoms with Crippen LogP contribution in [0, 0.1) is 0 Å². The highest BCUT2D eigenvalue weighted by molar-refractivity contribution is 6.33. The highest BCUT2D eigenvalue weighted by Gasteiger charge is 2.31. The molecule has 1 aromatic rings. The molecule has 2 N–H and O–H groups in total. The predicted octanol–water partition coefficient (Wildman–Crippen LogP) is 3.44. The second-order valence-corrected chi connectivity index (χ2v) is 5.26. The zero-order chi connectivity index (χ0) is 14.7. The highest BCUT2D eigenvalue weighted by atomic mass is 35.5. The molecule has 0 heterocycles. The zero-order valence-corrected chi connectivity index (χ0v) is 12.0. The molecule has 1 saturated carbocycles. The van der Waals surface area contributed by atoms with Gasteiger partial charge in [-0.25, -0.2) is 9.59 Å². The number of carbonyl (C=O) groups excluding carboxylic acids is 1. The van der Waals surface area contributed by atoms with Gasteiger partial charge in [0.1, 0.15) is 0 Å². The van der Waals surface area contributed by atoms with Gasteiger partial charge in [0.2, 0.25) is 0 Å². The lowest BCUT2D eigenvalue weighted by atomic mass is 10.2. The highest BCUT2D eigenvalue weighted by Crippen LogP contribution is 2.28. The third-order valence-electron chi connectivity index (χ3n) is 3.16. The van der Waals surface area contributed by atoms with Crippen molar-refractivity contribution in [2.45, 2.75) is 32.2 Å². The van der Waals surface area contributed by atoms with Crippen molar-refractivity contribution in [1.82, 2.24) is 4.90 Å². The number of hydrogen-bond acceptors (Lipinski definition) is 2. The van der Waals surface area contributed by atoms with Crippen LogP contribution in [0.3, 0.4) is 0 Å². The Morgan fingerprint density at radius 3 is 2.65 bits per heavy atom. The normalized spacial score (nSPS) is 13.9. The average Bonchev–Trinajstić information content (AvgIpc) is 3.19. The number of aromatic carboxylic acids is 1. The SMILES string of the molecule is CCCN(C(=O)Nc1ccc(C(=O)O)c(Cl)c1)C1CC1. The molecule has 6 heteroatoms. The maximum Gasteiger partial charge on any atom is 0.337 e. The van der Waals surface area contributed by atoms with E-state index in [2.05, 4.69) is 5.32 Å². The minimum absolute atomic E-state index is 0.0253. The first-order chi connectivity index (χ1) is 9.52. The summed E-state index contributed by atoms with van der Waals surface area (Å²) in [6.07, 6.45) is 3.00. The maximum absolute atomic E-state index is 12.2. The van der Waals surface area contributed by atoms with Crippen molar-refractivity contribution in [2.75, 3.05) is 11.9 Å². The smallest absolute Gasteiger partial charge is 0.337 e. The van der Waals surface area contributed by atoms with Gasteiger partial charge < -0.3 is 15.3 Å². The largest absolute Gasteiger partial charge is 0.478 e. The minimum atomic E-state index is -1.08. The summed E-state index contributed by atoms with van der Waals surface area (Å²) in [6.45, 7) is 2.75. The van der Waals surface area contributed by atoms with Gasteiger partial charge in [-0.05, 0) is 37.5 Å². The van der Waals surface area contributed by atoms with Crippen LogP contribution in [0.25, 0.3) is 0 Å². The number of carboxylic acids is 1. The first-order valence-corrected chi connectivity index (χ1v) is 7.01. The minimum Gasteiger partial charge on any atom is -0.478 e. The lowest BCUT2D eigenvalue weighted by molar-refractivity contribution is 0.0697. The van der Waals surface area contributed by atoms with Crippen molar-refractivity contribution in [3.8, 4) is 0 Å². The number of amides is 2. The molecule has 1 fully saturated rings. The molecule has 0 saturated heterocycles. The van der Waals surface area contributed by atoms with E-state index < -0.39 is 5.97 Å². The van der Waals surface area contributed by atoms with Crippen LogP contribution in [-0.2, 0) is 0 Å². The van der Waals surface area contributed by atoms with Crippen LogP contribution >= 0.6 is 11.6 Å². The van der Waals surface area contributed by atoms with Crippen molar-refractivity contribution in [3.63, 3.8) is 0 Å². The molecule has 0 aliphatic heterocycles. The number of carboxylic acid groups (broad SMARTS) is 1. The summed E-state index contributed by atoms with van der Waals surface area (Å²) < 4.78 is 0. The summed E-state index contributed by atoms with van der Waals surface area (Å²) >= 11 is 5.88. The van der Waals surface area contributed by atoms with E-state index in [1.54, 1.807) is 6.07 Å². The van der Waals surface area contributed by atoms with Gasteiger partial charge in [-0.15, -0.1) is 0 Å². The van der Waals surface area contributed by atoms with Crippen LogP contribution in [0.5, 0.6) is 0 Å². The Hall–Kier alpha value is -1.75. The van der Waals surface area contributed by atoms with E-state index in [4.69, 9.17) is 16.7 Å². The third-order valence-corrected chi connectivity index (χ3v) is 3.48. The molecule has 0 radical (unpaired) electrons.